The minimum absolute atomic E-state index is 0.00961. The molecule has 0 spiro atoms. The highest BCUT2D eigenvalue weighted by Gasteiger charge is 2.20. The summed E-state index contributed by atoms with van der Waals surface area (Å²) in [7, 11) is -2.20. The molecule has 0 aliphatic rings. The van der Waals surface area contributed by atoms with Crippen molar-refractivity contribution in [3.63, 3.8) is 0 Å². The lowest BCUT2D eigenvalue weighted by molar-refractivity contribution is -0.140. The number of hydrogen-bond donors (Lipinski definition) is 2. The molecule has 0 radical (unpaired) electrons. The fourth-order valence-electron chi connectivity index (χ4n) is 1.18. The molecule has 2 N–H and O–H groups in total. The molecule has 1 atom stereocenters. The molecule has 0 fully saturated rings. The van der Waals surface area contributed by atoms with E-state index in [2.05, 4.69) is 9.46 Å². The SMILES string of the molecule is COC(=O)CCCS(=O)(=O)NC(CO)C(C)C. The summed E-state index contributed by atoms with van der Waals surface area (Å²) in [5, 5.41) is 9.01. The van der Waals surface area contributed by atoms with Crippen LogP contribution in [0.5, 0.6) is 0 Å². The third kappa shape index (κ3) is 7.30. The lowest BCUT2D eigenvalue weighted by atomic mass is 10.1. The van der Waals surface area contributed by atoms with E-state index in [9.17, 15) is 13.2 Å². The van der Waals surface area contributed by atoms with Gasteiger partial charge in [-0.25, -0.2) is 13.1 Å². The summed E-state index contributed by atoms with van der Waals surface area (Å²) >= 11 is 0. The molecule has 0 aromatic carbocycles. The Morgan fingerprint density at radius 3 is 2.41 bits per heavy atom. The van der Waals surface area contributed by atoms with Crippen LogP contribution < -0.4 is 4.72 Å². The average Bonchev–Trinajstić information content (AvgIpc) is 2.25. The standard InChI is InChI=1S/C10H21NO5S/c1-8(2)9(7-12)11-17(14,15)6-4-5-10(13)16-3/h8-9,11-12H,4-7H2,1-3H3. The second-order valence-electron chi connectivity index (χ2n) is 4.15. The number of carbonyl (C=O) groups is 1. The molecule has 0 aliphatic carbocycles. The van der Waals surface area contributed by atoms with E-state index in [1.807, 2.05) is 13.8 Å². The molecule has 7 heteroatoms. The molecule has 0 bridgehead atoms. The highest BCUT2D eigenvalue weighted by Crippen LogP contribution is 2.04. The predicted molar refractivity (Wildman–Crippen MR) is 63.9 cm³/mol. The maximum absolute atomic E-state index is 11.6. The van der Waals surface area contributed by atoms with Crippen LogP contribution in [0.25, 0.3) is 0 Å². The topological polar surface area (TPSA) is 92.7 Å². The molecule has 0 saturated carbocycles. The first-order valence-electron chi connectivity index (χ1n) is 5.50. The number of aliphatic hydroxyl groups is 1. The minimum Gasteiger partial charge on any atom is -0.469 e. The molecule has 1 unspecified atom stereocenters. The fourth-order valence-corrected chi connectivity index (χ4v) is 2.63. The highest BCUT2D eigenvalue weighted by atomic mass is 32.2. The molecule has 0 aromatic rings. The van der Waals surface area contributed by atoms with E-state index >= 15 is 0 Å². The van der Waals surface area contributed by atoms with Gasteiger partial charge >= 0.3 is 5.97 Å². The monoisotopic (exact) mass is 267 g/mol. The first-order chi connectivity index (χ1) is 7.82. The summed E-state index contributed by atoms with van der Waals surface area (Å²) < 4.78 is 30.0. The smallest absolute Gasteiger partial charge is 0.305 e. The number of ether oxygens (including phenoxy) is 1. The van der Waals surface area contributed by atoms with E-state index in [1.54, 1.807) is 0 Å². The number of methoxy groups -OCH3 is 1. The van der Waals surface area contributed by atoms with Crippen LogP contribution in [0.2, 0.25) is 0 Å². The molecule has 102 valence electrons. The Morgan fingerprint density at radius 2 is 2.00 bits per heavy atom. The zero-order chi connectivity index (χ0) is 13.5. The van der Waals surface area contributed by atoms with Crippen molar-refractivity contribution in [3.05, 3.63) is 0 Å². The van der Waals surface area contributed by atoms with Crippen LogP contribution in [0, 0.1) is 5.92 Å². The van der Waals surface area contributed by atoms with E-state index in [0.717, 1.165) is 0 Å². The van der Waals surface area contributed by atoms with E-state index in [-0.39, 0.29) is 31.1 Å². The number of sulfonamides is 1. The van der Waals surface area contributed by atoms with Gasteiger partial charge in [0.2, 0.25) is 10.0 Å². The van der Waals surface area contributed by atoms with Crippen molar-refractivity contribution < 1.29 is 23.1 Å². The van der Waals surface area contributed by atoms with Crippen LogP contribution in [-0.4, -0.2) is 45.0 Å². The van der Waals surface area contributed by atoms with Gasteiger partial charge in [-0.05, 0) is 12.3 Å². The van der Waals surface area contributed by atoms with Crippen molar-refractivity contribution in [3.8, 4) is 0 Å². The van der Waals surface area contributed by atoms with Crippen molar-refractivity contribution in [1.82, 2.24) is 4.72 Å². The Morgan fingerprint density at radius 1 is 1.41 bits per heavy atom. The maximum Gasteiger partial charge on any atom is 0.305 e. The summed E-state index contributed by atoms with van der Waals surface area (Å²) in [6.07, 6.45) is 0.279. The number of rotatable bonds is 8. The second-order valence-corrected chi connectivity index (χ2v) is 6.02. The summed E-state index contributed by atoms with van der Waals surface area (Å²) in [5.41, 5.74) is 0. The van der Waals surface area contributed by atoms with Crippen LogP contribution in [-0.2, 0) is 19.6 Å². The molecule has 0 amide bonds. The number of hydrogen-bond acceptors (Lipinski definition) is 5. The van der Waals surface area contributed by atoms with Gasteiger partial charge in [-0.2, -0.15) is 0 Å². The zero-order valence-corrected chi connectivity index (χ0v) is 11.3. The Balaban J connectivity index is 4.16. The minimum atomic E-state index is -3.46. The van der Waals surface area contributed by atoms with Crippen molar-refractivity contribution in [2.45, 2.75) is 32.7 Å². The normalized spacial score (nSPS) is 13.7. The van der Waals surface area contributed by atoms with Crippen molar-refractivity contribution in [2.75, 3.05) is 19.5 Å². The summed E-state index contributed by atoms with van der Waals surface area (Å²) in [6.45, 7) is 3.39. The van der Waals surface area contributed by atoms with Gasteiger partial charge in [-0.15, -0.1) is 0 Å². The summed E-state index contributed by atoms with van der Waals surface area (Å²) in [5.74, 6) is -0.566. The Hall–Kier alpha value is -0.660. The van der Waals surface area contributed by atoms with Gasteiger partial charge in [0.1, 0.15) is 0 Å². The molecule has 0 heterocycles. The van der Waals surface area contributed by atoms with Gasteiger partial charge in [0.05, 0.1) is 19.5 Å². The molecule has 0 rings (SSSR count). The Kier molecular flexibility index (Phi) is 7.33. The molecule has 0 aliphatic heterocycles. The summed E-state index contributed by atoms with van der Waals surface area (Å²) in [6, 6.07) is -0.488. The second kappa shape index (κ2) is 7.62. The molecule has 17 heavy (non-hydrogen) atoms. The Labute approximate surface area is 102 Å². The average molecular weight is 267 g/mol. The van der Waals surface area contributed by atoms with Crippen molar-refractivity contribution in [1.29, 1.82) is 0 Å². The van der Waals surface area contributed by atoms with Crippen LogP contribution in [0.15, 0.2) is 0 Å². The van der Waals surface area contributed by atoms with E-state index in [4.69, 9.17) is 5.11 Å². The molecular weight excluding hydrogens is 246 g/mol. The zero-order valence-electron chi connectivity index (χ0n) is 10.5. The third-order valence-electron chi connectivity index (χ3n) is 2.35. The highest BCUT2D eigenvalue weighted by molar-refractivity contribution is 7.89. The van der Waals surface area contributed by atoms with Gasteiger partial charge in [-0.3, -0.25) is 4.79 Å². The summed E-state index contributed by atoms with van der Waals surface area (Å²) in [4.78, 5) is 10.8. The molecule has 0 saturated heterocycles. The van der Waals surface area contributed by atoms with E-state index in [1.165, 1.54) is 7.11 Å². The van der Waals surface area contributed by atoms with Gasteiger partial charge < -0.3 is 9.84 Å². The number of aliphatic hydroxyl groups excluding tert-OH is 1. The fraction of sp³-hybridized carbons (Fsp3) is 0.900. The van der Waals surface area contributed by atoms with Crippen LogP contribution >= 0.6 is 0 Å². The third-order valence-corrected chi connectivity index (χ3v) is 3.84. The largest absolute Gasteiger partial charge is 0.469 e. The van der Waals surface area contributed by atoms with Gasteiger partial charge in [0, 0.05) is 12.5 Å². The van der Waals surface area contributed by atoms with Crippen LogP contribution in [0.4, 0.5) is 0 Å². The van der Waals surface area contributed by atoms with E-state index in [0.29, 0.717) is 0 Å². The lowest BCUT2D eigenvalue weighted by Crippen LogP contribution is -2.42. The number of carbonyl (C=O) groups excluding carboxylic acids is 1. The van der Waals surface area contributed by atoms with Crippen molar-refractivity contribution >= 4 is 16.0 Å². The molecule has 0 aromatic heterocycles. The van der Waals surface area contributed by atoms with Crippen LogP contribution in [0.1, 0.15) is 26.7 Å². The first-order valence-corrected chi connectivity index (χ1v) is 7.15. The van der Waals surface area contributed by atoms with E-state index < -0.39 is 22.0 Å². The lowest BCUT2D eigenvalue weighted by Gasteiger charge is -2.19. The van der Waals surface area contributed by atoms with Gasteiger partial charge in [0.25, 0.3) is 0 Å². The first kappa shape index (κ1) is 16.3. The quantitative estimate of drug-likeness (QED) is 0.598. The van der Waals surface area contributed by atoms with Gasteiger partial charge in [0.15, 0.2) is 0 Å². The predicted octanol–water partition coefficient (Wildman–Crippen LogP) is -0.124. The number of nitrogens with one attached hydrogen (secondary N) is 1. The maximum atomic E-state index is 11.6. The number of esters is 1. The molecule has 6 nitrogen and oxygen atoms in total. The van der Waals surface area contributed by atoms with Gasteiger partial charge in [-0.1, -0.05) is 13.8 Å². The van der Waals surface area contributed by atoms with Crippen molar-refractivity contribution in [2.24, 2.45) is 5.92 Å². The molecular formula is C10H21NO5S. The van der Waals surface area contributed by atoms with Crippen LogP contribution in [0.3, 0.4) is 0 Å². The Bertz CT molecular complexity index is 326.